The fourth-order valence-electron chi connectivity index (χ4n) is 2.41. The average Bonchev–Trinajstić information content (AvgIpc) is 2.54. The van der Waals surface area contributed by atoms with Crippen molar-refractivity contribution in [2.45, 2.75) is 39.0 Å². The predicted molar refractivity (Wildman–Crippen MR) is 99.2 cm³/mol. The fraction of sp³-hybridized carbons (Fsp3) is 0.368. The van der Waals surface area contributed by atoms with Gasteiger partial charge in [-0.3, -0.25) is 0 Å². The topological polar surface area (TPSA) is 73.3 Å². The minimum atomic E-state index is 0.632. The number of nitrogens with one attached hydrogen (secondary N) is 1. The van der Waals surface area contributed by atoms with Gasteiger partial charge in [0.2, 0.25) is 0 Å². The van der Waals surface area contributed by atoms with E-state index in [4.69, 9.17) is 16.2 Å². The number of hydrogen-bond acceptors (Lipinski definition) is 4. The summed E-state index contributed by atoms with van der Waals surface area (Å²) < 4.78 is 5.82. The van der Waals surface area contributed by atoms with Crippen molar-refractivity contribution in [1.29, 1.82) is 0 Å². The molecule has 0 heterocycles. The molecule has 0 spiro atoms. The van der Waals surface area contributed by atoms with Crippen LogP contribution in [0.4, 0.5) is 22.7 Å². The normalized spacial score (nSPS) is 10.5. The summed E-state index contributed by atoms with van der Waals surface area (Å²) in [4.78, 5) is 0. The molecule has 0 aliphatic carbocycles. The van der Waals surface area contributed by atoms with Gasteiger partial charge in [0.15, 0.2) is 0 Å². The Morgan fingerprint density at radius 1 is 0.957 bits per heavy atom. The molecule has 4 heteroatoms. The molecule has 0 saturated heterocycles. The van der Waals surface area contributed by atoms with E-state index in [1.807, 2.05) is 36.4 Å². The Balaban J connectivity index is 1.87. The molecule has 2 aromatic carbocycles. The van der Waals surface area contributed by atoms with Crippen LogP contribution in [0.1, 0.15) is 39.0 Å². The van der Waals surface area contributed by atoms with E-state index in [0.717, 1.165) is 30.2 Å². The van der Waals surface area contributed by atoms with Crippen LogP contribution in [0.3, 0.4) is 0 Å². The molecule has 0 bridgehead atoms. The van der Waals surface area contributed by atoms with Crippen LogP contribution in [-0.4, -0.2) is 6.61 Å². The summed E-state index contributed by atoms with van der Waals surface area (Å²) in [6.07, 6.45) is 6.19. The maximum absolute atomic E-state index is 5.97. The fourth-order valence-corrected chi connectivity index (χ4v) is 2.41. The van der Waals surface area contributed by atoms with Crippen LogP contribution in [-0.2, 0) is 0 Å². The van der Waals surface area contributed by atoms with Gasteiger partial charge in [0.1, 0.15) is 5.75 Å². The number of rotatable bonds is 9. The van der Waals surface area contributed by atoms with Crippen LogP contribution in [0.15, 0.2) is 42.5 Å². The quantitative estimate of drug-likeness (QED) is 0.452. The molecule has 23 heavy (non-hydrogen) atoms. The summed E-state index contributed by atoms with van der Waals surface area (Å²) in [7, 11) is 0. The van der Waals surface area contributed by atoms with E-state index in [1.165, 1.54) is 25.7 Å². The highest BCUT2D eigenvalue weighted by molar-refractivity contribution is 5.75. The molecule has 5 N–H and O–H groups in total. The highest BCUT2D eigenvalue weighted by Gasteiger charge is 2.02. The van der Waals surface area contributed by atoms with E-state index in [1.54, 1.807) is 6.07 Å². The van der Waals surface area contributed by atoms with E-state index in [0.29, 0.717) is 11.4 Å². The molecule has 0 radical (unpaired) electrons. The largest absolute Gasteiger partial charge is 0.494 e. The molecule has 2 rings (SSSR count). The van der Waals surface area contributed by atoms with Crippen molar-refractivity contribution < 1.29 is 4.74 Å². The number of nitrogens with two attached hydrogens (primary N) is 2. The first-order valence-electron chi connectivity index (χ1n) is 8.34. The standard InChI is InChI=1S/C19H27N3O/c1-2-3-4-5-6-12-23-17-9-7-8-16(14-17)22-19-11-10-15(20)13-18(19)21/h7-11,13-14,22H,2-6,12,20-21H2,1H3. The third-order valence-corrected chi connectivity index (χ3v) is 3.71. The molecule has 0 aliphatic rings. The zero-order valence-electron chi connectivity index (χ0n) is 13.8. The van der Waals surface area contributed by atoms with Crippen molar-refractivity contribution in [3.63, 3.8) is 0 Å². The van der Waals surface area contributed by atoms with Crippen LogP contribution in [0.2, 0.25) is 0 Å². The minimum absolute atomic E-state index is 0.632. The van der Waals surface area contributed by atoms with Gasteiger partial charge >= 0.3 is 0 Å². The summed E-state index contributed by atoms with van der Waals surface area (Å²) in [5, 5.41) is 3.30. The second kappa shape index (κ2) is 8.93. The molecule has 0 atom stereocenters. The van der Waals surface area contributed by atoms with Crippen LogP contribution in [0.5, 0.6) is 5.75 Å². The smallest absolute Gasteiger partial charge is 0.121 e. The van der Waals surface area contributed by atoms with E-state index in [-0.39, 0.29) is 0 Å². The molecule has 0 unspecified atom stereocenters. The Labute approximate surface area is 138 Å². The Morgan fingerprint density at radius 2 is 1.78 bits per heavy atom. The lowest BCUT2D eigenvalue weighted by molar-refractivity contribution is 0.304. The molecule has 0 aliphatic heterocycles. The molecular weight excluding hydrogens is 286 g/mol. The summed E-state index contributed by atoms with van der Waals surface area (Å²) in [6.45, 7) is 2.99. The summed E-state index contributed by atoms with van der Waals surface area (Å²) in [5.41, 5.74) is 14.8. The zero-order valence-corrected chi connectivity index (χ0v) is 13.8. The first-order chi connectivity index (χ1) is 11.2. The Morgan fingerprint density at radius 3 is 2.57 bits per heavy atom. The lowest BCUT2D eigenvalue weighted by Crippen LogP contribution is -2.00. The third-order valence-electron chi connectivity index (χ3n) is 3.71. The van der Waals surface area contributed by atoms with Crippen molar-refractivity contribution in [3.05, 3.63) is 42.5 Å². The number of benzene rings is 2. The van der Waals surface area contributed by atoms with E-state index in [2.05, 4.69) is 12.2 Å². The van der Waals surface area contributed by atoms with Gasteiger partial charge in [-0.25, -0.2) is 0 Å². The summed E-state index contributed by atoms with van der Waals surface area (Å²) in [5.74, 6) is 0.875. The highest BCUT2D eigenvalue weighted by Crippen LogP contribution is 2.27. The van der Waals surface area contributed by atoms with E-state index in [9.17, 15) is 0 Å². The van der Waals surface area contributed by atoms with Crippen LogP contribution in [0, 0.1) is 0 Å². The van der Waals surface area contributed by atoms with Gasteiger partial charge in [-0.1, -0.05) is 38.7 Å². The Kier molecular flexibility index (Phi) is 6.60. The van der Waals surface area contributed by atoms with E-state index < -0.39 is 0 Å². The number of anilines is 4. The molecule has 2 aromatic rings. The zero-order chi connectivity index (χ0) is 16.5. The van der Waals surface area contributed by atoms with Crippen molar-refractivity contribution in [2.75, 3.05) is 23.4 Å². The molecule has 4 nitrogen and oxygen atoms in total. The van der Waals surface area contributed by atoms with Gasteiger partial charge in [0.05, 0.1) is 18.0 Å². The van der Waals surface area contributed by atoms with Gasteiger partial charge in [-0.05, 0) is 36.8 Å². The molecule has 0 fully saturated rings. The number of unbranched alkanes of at least 4 members (excludes halogenated alkanes) is 4. The number of hydrogen-bond donors (Lipinski definition) is 3. The van der Waals surface area contributed by atoms with Crippen LogP contribution < -0.4 is 21.5 Å². The maximum Gasteiger partial charge on any atom is 0.121 e. The van der Waals surface area contributed by atoms with Gasteiger partial charge in [-0.15, -0.1) is 0 Å². The average molecular weight is 313 g/mol. The first-order valence-corrected chi connectivity index (χ1v) is 8.34. The monoisotopic (exact) mass is 313 g/mol. The Hall–Kier alpha value is -2.36. The van der Waals surface area contributed by atoms with Crippen LogP contribution in [0.25, 0.3) is 0 Å². The van der Waals surface area contributed by atoms with E-state index >= 15 is 0 Å². The second-order valence-corrected chi connectivity index (χ2v) is 5.76. The summed E-state index contributed by atoms with van der Waals surface area (Å²) >= 11 is 0. The van der Waals surface area contributed by atoms with Gasteiger partial charge in [0, 0.05) is 17.4 Å². The predicted octanol–water partition coefficient (Wildman–Crippen LogP) is 4.94. The maximum atomic E-state index is 5.97. The second-order valence-electron chi connectivity index (χ2n) is 5.76. The minimum Gasteiger partial charge on any atom is -0.494 e. The van der Waals surface area contributed by atoms with Gasteiger partial charge in [0.25, 0.3) is 0 Å². The number of nitrogen functional groups attached to an aromatic ring is 2. The van der Waals surface area contributed by atoms with Crippen molar-refractivity contribution in [2.24, 2.45) is 0 Å². The molecule has 0 amide bonds. The van der Waals surface area contributed by atoms with Gasteiger partial charge < -0.3 is 21.5 Å². The van der Waals surface area contributed by atoms with Crippen LogP contribution >= 0.6 is 0 Å². The SMILES string of the molecule is CCCCCCCOc1cccc(Nc2ccc(N)cc2N)c1. The highest BCUT2D eigenvalue weighted by atomic mass is 16.5. The molecular formula is C19H27N3O. The lowest BCUT2D eigenvalue weighted by atomic mass is 10.2. The number of ether oxygens (including phenoxy) is 1. The van der Waals surface area contributed by atoms with Crippen molar-refractivity contribution in [3.8, 4) is 5.75 Å². The molecule has 124 valence electrons. The first kappa shape index (κ1) is 17.0. The Bertz CT molecular complexity index is 613. The van der Waals surface area contributed by atoms with Crippen molar-refractivity contribution in [1.82, 2.24) is 0 Å². The molecule has 0 aromatic heterocycles. The lowest BCUT2D eigenvalue weighted by Gasteiger charge is -2.12. The van der Waals surface area contributed by atoms with Gasteiger partial charge in [-0.2, -0.15) is 0 Å². The third kappa shape index (κ3) is 5.74. The molecule has 0 saturated carbocycles. The summed E-state index contributed by atoms with van der Waals surface area (Å²) in [6, 6.07) is 13.4. The van der Waals surface area contributed by atoms with Crippen molar-refractivity contribution >= 4 is 22.7 Å².